The molecule has 0 saturated carbocycles. The van der Waals surface area contributed by atoms with Crippen LogP contribution in [-0.2, 0) is 16.0 Å². The van der Waals surface area contributed by atoms with Crippen LogP contribution in [0.5, 0.6) is 0 Å². The van der Waals surface area contributed by atoms with Gasteiger partial charge in [0.15, 0.2) is 5.82 Å². The van der Waals surface area contributed by atoms with Gasteiger partial charge < -0.3 is 0 Å². The third-order valence-electron chi connectivity index (χ3n) is 2.81. The van der Waals surface area contributed by atoms with Crippen LogP contribution in [0.25, 0.3) is 11.4 Å². The first-order valence-electron chi connectivity index (χ1n) is 6.78. The largest absolute Gasteiger partial charge is 0.274 e. The summed E-state index contributed by atoms with van der Waals surface area (Å²) in [6.07, 6.45) is 0.987. The van der Waals surface area contributed by atoms with Crippen molar-refractivity contribution in [2.75, 3.05) is 5.75 Å². The average molecular weight is 319 g/mol. The molecule has 0 radical (unpaired) electrons. The highest BCUT2D eigenvalue weighted by atomic mass is 32.2. The van der Waals surface area contributed by atoms with E-state index in [0.717, 1.165) is 12.0 Å². The molecular formula is C14H17N5O2S. The molecule has 1 aromatic carbocycles. The van der Waals surface area contributed by atoms with E-state index in [4.69, 9.17) is 0 Å². The summed E-state index contributed by atoms with van der Waals surface area (Å²) in [4.78, 5) is 26.5. The first-order valence-corrected chi connectivity index (χ1v) is 7.77. The topological polar surface area (TPSA) is 99.8 Å². The van der Waals surface area contributed by atoms with Gasteiger partial charge in [-0.15, -0.1) is 5.10 Å². The highest BCUT2D eigenvalue weighted by Gasteiger charge is 2.09. The summed E-state index contributed by atoms with van der Waals surface area (Å²) in [5.41, 5.74) is 6.70. The lowest BCUT2D eigenvalue weighted by Crippen LogP contribution is -2.41. The molecule has 0 bridgehead atoms. The number of thioether (sulfide) groups is 1. The number of benzene rings is 1. The number of hydrogen-bond donors (Lipinski definition) is 3. The number of aryl methyl sites for hydroxylation is 1. The van der Waals surface area contributed by atoms with Crippen LogP contribution in [0, 0.1) is 0 Å². The van der Waals surface area contributed by atoms with E-state index in [1.807, 2.05) is 24.3 Å². The number of aromatic nitrogens is 3. The molecule has 2 aromatic rings. The normalized spacial score (nSPS) is 10.3. The zero-order valence-electron chi connectivity index (χ0n) is 12.3. The van der Waals surface area contributed by atoms with E-state index >= 15 is 0 Å². The van der Waals surface area contributed by atoms with E-state index in [-0.39, 0.29) is 17.6 Å². The molecule has 0 saturated heterocycles. The predicted octanol–water partition coefficient (Wildman–Crippen LogP) is 1.29. The Bertz CT molecular complexity index is 654. The number of carbonyl (C=O) groups is 2. The van der Waals surface area contributed by atoms with Gasteiger partial charge in [-0.05, 0) is 12.0 Å². The summed E-state index contributed by atoms with van der Waals surface area (Å²) < 4.78 is 0. The van der Waals surface area contributed by atoms with Gasteiger partial charge in [-0.2, -0.15) is 0 Å². The number of H-pyrrole nitrogens is 1. The summed E-state index contributed by atoms with van der Waals surface area (Å²) in [6, 6.07) is 8.06. The smallest absolute Gasteiger partial charge is 0.248 e. The molecule has 7 nitrogen and oxygen atoms in total. The first kappa shape index (κ1) is 16.0. The van der Waals surface area contributed by atoms with E-state index in [0.29, 0.717) is 11.0 Å². The van der Waals surface area contributed by atoms with Crippen molar-refractivity contribution in [2.45, 2.75) is 25.4 Å². The summed E-state index contributed by atoms with van der Waals surface area (Å²) in [7, 11) is 0. The number of carbonyl (C=O) groups excluding carboxylic acids is 2. The molecule has 0 fully saturated rings. The fraction of sp³-hybridized carbons (Fsp3) is 0.286. The van der Waals surface area contributed by atoms with Crippen LogP contribution in [0.15, 0.2) is 29.4 Å². The number of nitrogens with zero attached hydrogens (tertiary/aromatic N) is 2. The zero-order valence-corrected chi connectivity index (χ0v) is 13.2. The quantitative estimate of drug-likeness (QED) is 0.570. The van der Waals surface area contributed by atoms with Crippen molar-refractivity contribution in [3.8, 4) is 11.4 Å². The lowest BCUT2D eigenvalue weighted by molar-refractivity contribution is -0.126. The highest BCUT2D eigenvalue weighted by Crippen LogP contribution is 2.19. The Kier molecular flexibility index (Phi) is 5.54. The zero-order chi connectivity index (χ0) is 15.9. The second kappa shape index (κ2) is 7.60. The van der Waals surface area contributed by atoms with E-state index in [9.17, 15) is 9.59 Å². The number of hydrazine groups is 1. The predicted molar refractivity (Wildman–Crippen MR) is 83.9 cm³/mol. The Balaban J connectivity index is 1.90. The number of hydrogen-bond acceptors (Lipinski definition) is 5. The third-order valence-corrected chi connectivity index (χ3v) is 3.66. The van der Waals surface area contributed by atoms with Gasteiger partial charge in [0.1, 0.15) is 0 Å². The van der Waals surface area contributed by atoms with Gasteiger partial charge in [0.2, 0.25) is 17.0 Å². The second-order valence-electron chi connectivity index (χ2n) is 4.54. The molecule has 0 aliphatic carbocycles. The Morgan fingerprint density at radius 2 is 1.95 bits per heavy atom. The molecule has 1 heterocycles. The highest BCUT2D eigenvalue weighted by molar-refractivity contribution is 7.99. The molecule has 3 N–H and O–H groups in total. The van der Waals surface area contributed by atoms with Crippen molar-refractivity contribution in [1.82, 2.24) is 26.0 Å². The molecule has 116 valence electrons. The molecule has 0 aliphatic rings. The van der Waals surface area contributed by atoms with Gasteiger partial charge in [-0.25, -0.2) is 4.98 Å². The monoisotopic (exact) mass is 319 g/mol. The Labute approximate surface area is 132 Å². The van der Waals surface area contributed by atoms with Gasteiger partial charge in [0, 0.05) is 12.5 Å². The Hall–Kier alpha value is -2.35. The molecule has 0 aliphatic heterocycles. The number of amides is 2. The molecule has 0 unspecified atom stereocenters. The van der Waals surface area contributed by atoms with E-state index in [1.165, 1.54) is 24.2 Å². The number of aromatic amines is 1. The molecule has 2 amide bonds. The molecule has 8 heteroatoms. The maximum absolute atomic E-state index is 11.5. The van der Waals surface area contributed by atoms with Crippen LogP contribution < -0.4 is 10.9 Å². The number of rotatable bonds is 5. The van der Waals surface area contributed by atoms with E-state index < -0.39 is 0 Å². The molecule has 22 heavy (non-hydrogen) atoms. The van der Waals surface area contributed by atoms with Gasteiger partial charge in [-0.1, -0.05) is 43.0 Å². The maximum Gasteiger partial charge on any atom is 0.248 e. The average Bonchev–Trinajstić information content (AvgIpc) is 3.00. The van der Waals surface area contributed by atoms with Crippen LogP contribution in [0.4, 0.5) is 0 Å². The minimum absolute atomic E-state index is 0.117. The molecule has 0 atom stereocenters. The standard InChI is InChI=1S/C14H17N5O2S/c1-3-10-4-6-11(7-5-10)13-15-14(19-18-13)22-8-12(21)17-16-9(2)20/h4-7H,3,8H2,1-2H3,(H,16,20)(H,17,21)(H,15,18,19). The summed E-state index contributed by atoms with van der Waals surface area (Å²) in [5, 5.41) is 7.39. The van der Waals surface area contributed by atoms with Gasteiger partial charge in [0.05, 0.1) is 5.75 Å². The summed E-state index contributed by atoms with van der Waals surface area (Å²) in [5.74, 6) is 0.132. The summed E-state index contributed by atoms with van der Waals surface area (Å²) >= 11 is 1.19. The van der Waals surface area contributed by atoms with Crippen LogP contribution in [0.1, 0.15) is 19.4 Å². The van der Waals surface area contributed by atoms with Crippen molar-refractivity contribution in [1.29, 1.82) is 0 Å². The minimum atomic E-state index is -0.325. The third kappa shape index (κ3) is 4.59. The Morgan fingerprint density at radius 1 is 1.23 bits per heavy atom. The fourth-order valence-electron chi connectivity index (χ4n) is 1.66. The minimum Gasteiger partial charge on any atom is -0.274 e. The van der Waals surface area contributed by atoms with Crippen LogP contribution >= 0.6 is 11.8 Å². The van der Waals surface area contributed by atoms with Crippen LogP contribution in [0.3, 0.4) is 0 Å². The van der Waals surface area contributed by atoms with Crippen LogP contribution in [0.2, 0.25) is 0 Å². The summed E-state index contributed by atoms with van der Waals surface area (Å²) in [6.45, 7) is 3.42. The molecular weight excluding hydrogens is 302 g/mol. The second-order valence-corrected chi connectivity index (χ2v) is 5.48. The maximum atomic E-state index is 11.5. The van der Waals surface area contributed by atoms with Crippen molar-refractivity contribution in [3.63, 3.8) is 0 Å². The van der Waals surface area contributed by atoms with E-state index in [2.05, 4.69) is 33.0 Å². The fourth-order valence-corrected chi connectivity index (χ4v) is 2.26. The van der Waals surface area contributed by atoms with Crippen molar-refractivity contribution >= 4 is 23.6 Å². The van der Waals surface area contributed by atoms with Crippen molar-refractivity contribution < 1.29 is 9.59 Å². The molecule has 2 rings (SSSR count). The van der Waals surface area contributed by atoms with Crippen molar-refractivity contribution in [2.24, 2.45) is 0 Å². The SMILES string of the molecule is CCc1ccc(-c2nc(SCC(=O)NNC(C)=O)n[nH]2)cc1. The van der Waals surface area contributed by atoms with Crippen molar-refractivity contribution in [3.05, 3.63) is 29.8 Å². The van der Waals surface area contributed by atoms with Gasteiger partial charge >= 0.3 is 0 Å². The number of nitrogens with one attached hydrogen (secondary N) is 3. The first-order chi connectivity index (χ1) is 10.6. The van der Waals surface area contributed by atoms with Gasteiger partial charge in [-0.3, -0.25) is 25.5 Å². The lowest BCUT2D eigenvalue weighted by atomic mass is 10.1. The molecule has 1 aromatic heterocycles. The lowest BCUT2D eigenvalue weighted by Gasteiger charge is -2.02. The molecule has 0 spiro atoms. The van der Waals surface area contributed by atoms with E-state index in [1.54, 1.807) is 0 Å². The van der Waals surface area contributed by atoms with Crippen LogP contribution in [-0.4, -0.2) is 32.7 Å². The van der Waals surface area contributed by atoms with Gasteiger partial charge in [0.25, 0.3) is 0 Å². The Morgan fingerprint density at radius 3 is 2.59 bits per heavy atom.